The van der Waals surface area contributed by atoms with Crippen molar-refractivity contribution in [3.05, 3.63) is 54.3 Å². The van der Waals surface area contributed by atoms with Gasteiger partial charge in [0.2, 0.25) is 0 Å². The maximum Gasteiger partial charge on any atom is 0.344 e. The molecule has 0 aliphatic rings. The number of halogens is 1. The van der Waals surface area contributed by atoms with Crippen molar-refractivity contribution in [1.82, 2.24) is 0 Å². The van der Waals surface area contributed by atoms with E-state index < -0.39 is 12.1 Å². The van der Waals surface area contributed by atoms with E-state index in [1.165, 1.54) is 31.2 Å². The smallest absolute Gasteiger partial charge is 0.344 e. The zero-order chi connectivity index (χ0) is 14.5. The van der Waals surface area contributed by atoms with Crippen LogP contribution in [0, 0.1) is 5.82 Å². The van der Waals surface area contributed by atoms with Crippen LogP contribution in [-0.4, -0.2) is 17.2 Å². The van der Waals surface area contributed by atoms with E-state index in [1.54, 1.807) is 24.3 Å². The molecule has 0 radical (unpaired) electrons. The molecule has 5 heteroatoms. The predicted molar refractivity (Wildman–Crippen MR) is 70.6 cm³/mol. The molecule has 0 aliphatic carbocycles. The van der Waals surface area contributed by atoms with E-state index in [9.17, 15) is 9.18 Å². The Morgan fingerprint density at radius 3 is 1.95 bits per heavy atom. The van der Waals surface area contributed by atoms with Gasteiger partial charge in [-0.3, -0.25) is 0 Å². The Bertz CT molecular complexity index is 578. The highest BCUT2D eigenvalue weighted by Crippen LogP contribution is 2.24. The van der Waals surface area contributed by atoms with E-state index >= 15 is 0 Å². The van der Waals surface area contributed by atoms with E-state index in [-0.39, 0.29) is 5.82 Å². The maximum absolute atomic E-state index is 12.7. The lowest BCUT2D eigenvalue weighted by Crippen LogP contribution is -2.22. The molecule has 2 aromatic carbocycles. The van der Waals surface area contributed by atoms with E-state index in [1.807, 2.05) is 0 Å². The van der Waals surface area contributed by atoms with Gasteiger partial charge in [0.15, 0.2) is 6.10 Å². The van der Waals surface area contributed by atoms with E-state index in [0.29, 0.717) is 17.2 Å². The largest absolute Gasteiger partial charge is 0.479 e. The van der Waals surface area contributed by atoms with Gasteiger partial charge in [-0.15, -0.1) is 0 Å². The topological polar surface area (TPSA) is 55.8 Å². The van der Waals surface area contributed by atoms with Gasteiger partial charge < -0.3 is 14.6 Å². The van der Waals surface area contributed by atoms with Crippen LogP contribution in [0.15, 0.2) is 48.5 Å². The lowest BCUT2D eigenvalue weighted by molar-refractivity contribution is -0.144. The quantitative estimate of drug-likeness (QED) is 0.908. The minimum absolute atomic E-state index is 0.330. The van der Waals surface area contributed by atoms with Crippen molar-refractivity contribution in [3.8, 4) is 17.2 Å². The zero-order valence-corrected chi connectivity index (χ0v) is 10.7. The van der Waals surface area contributed by atoms with Gasteiger partial charge in [-0.1, -0.05) is 0 Å². The van der Waals surface area contributed by atoms with Crippen LogP contribution >= 0.6 is 0 Å². The van der Waals surface area contributed by atoms with Crippen molar-refractivity contribution in [2.75, 3.05) is 0 Å². The summed E-state index contributed by atoms with van der Waals surface area (Å²) < 4.78 is 23.4. The number of ether oxygens (including phenoxy) is 2. The fraction of sp³-hybridized carbons (Fsp3) is 0.133. The molecule has 0 amide bonds. The van der Waals surface area contributed by atoms with Gasteiger partial charge in [-0.25, -0.2) is 9.18 Å². The molecular weight excluding hydrogens is 263 g/mol. The summed E-state index contributed by atoms with van der Waals surface area (Å²) in [5, 5.41) is 8.73. The third-order valence-electron chi connectivity index (χ3n) is 2.53. The molecule has 0 saturated heterocycles. The van der Waals surface area contributed by atoms with Crippen molar-refractivity contribution in [2.24, 2.45) is 0 Å². The van der Waals surface area contributed by atoms with Crippen molar-refractivity contribution < 1.29 is 23.8 Å². The monoisotopic (exact) mass is 276 g/mol. The minimum Gasteiger partial charge on any atom is -0.479 e. The third kappa shape index (κ3) is 3.71. The Kier molecular flexibility index (Phi) is 4.20. The highest BCUT2D eigenvalue weighted by atomic mass is 19.1. The molecule has 0 bridgehead atoms. The Balaban J connectivity index is 2.01. The van der Waals surface area contributed by atoms with E-state index in [2.05, 4.69) is 0 Å². The fourth-order valence-corrected chi connectivity index (χ4v) is 1.48. The molecule has 0 saturated carbocycles. The first-order valence-electron chi connectivity index (χ1n) is 5.97. The van der Waals surface area contributed by atoms with Crippen LogP contribution in [0.2, 0.25) is 0 Å². The summed E-state index contributed by atoms with van der Waals surface area (Å²) in [5.41, 5.74) is 0. The normalized spacial score (nSPS) is 11.7. The predicted octanol–water partition coefficient (Wildman–Crippen LogP) is 3.47. The van der Waals surface area contributed by atoms with Crippen LogP contribution in [0.1, 0.15) is 6.92 Å². The SMILES string of the molecule is C[C@@H](Oc1ccc(Oc2ccc(F)cc2)cc1)C(=O)O. The standard InChI is InChI=1S/C15H13FO4/c1-10(15(17)18)19-12-6-8-14(9-7-12)20-13-4-2-11(16)3-5-13/h2-10H,1H3,(H,17,18)/t10-/m1/s1. The number of carbonyl (C=O) groups is 1. The van der Waals surface area contributed by atoms with E-state index in [4.69, 9.17) is 14.6 Å². The summed E-state index contributed by atoms with van der Waals surface area (Å²) in [4.78, 5) is 10.7. The Hall–Kier alpha value is -2.56. The second-order valence-corrected chi connectivity index (χ2v) is 4.13. The summed E-state index contributed by atoms with van der Waals surface area (Å²) >= 11 is 0. The second-order valence-electron chi connectivity index (χ2n) is 4.13. The molecule has 0 unspecified atom stereocenters. The number of rotatable bonds is 5. The summed E-state index contributed by atoms with van der Waals surface area (Å²) in [6.07, 6.45) is -0.918. The van der Waals surface area contributed by atoms with Gasteiger partial charge in [0.1, 0.15) is 23.1 Å². The van der Waals surface area contributed by atoms with Gasteiger partial charge in [0.25, 0.3) is 0 Å². The molecule has 0 spiro atoms. The number of hydrogen-bond donors (Lipinski definition) is 1. The van der Waals surface area contributed by atoms with Crippen LogP contribution < -0.4 is 9.47 Å². The first-order valence-corrected chi connectivity index (χ1v) is 5.97. The van der Waals surface area contributed by atoms with Crippen LogP contribution in [-0.2, 0) is 4.79 Å². The van der Waals surface area contributed by atoms with Gasteiger partial charge >= 0.3 is 5.97 Å². The van der Waals surface area contributed by atoms with Gasteiger partial charge in [0, 0.05) is 0 Å². The number of carboxylic acids is 1. The molecule has 4 nitrogen and oxygen atoms in total. The van der Waals surface area contributed by atoms with Crippen molar-refractivity contribution in [2.45, 2.75) is 13.0 Å². The molecule has 104 valence electrons. The summed E-state index contributed by atoms with van der Waals surface area (Å²) in [7, 11) is 0. The molecule has 20 heavy (non-hydrogen) atoms. The maximum atomic E-state index is 12.7. The second kappa shape index (κ2) is 6.06. The molecule has 2 rings (SSSR count). The Morgan fingerprint density at radius 2 is 1.45 bits per heavy atom. The zero-order valence-electron chi connectivity index (χ0n) is 10.7. The molecule has 1 atom stereocenters. The summed E-state index contributed by atoms with van der Waals surface area (Å²) in [5.74, 6) is 0.137. The average Bonchev–Trinajstić information content (AvgIpc) is 2.43. The first kappa shape index (κ1) is 13.9. The van der Waals surface area contributed by atoms with Gasteiger partial charge in [0.05, 0.1) is 0 Å². The van der Waals surface area contributed by atoms with Crippen molar-refractivity contribution >= 4 is 5.97 Å². The Morgan fingerprint density at radius 1 is 1.00 bits per heavy atom. The number of benzene rings is 2. The van der Waals surface area contributed by atoms with Crippen molar-refractivity contribution in [1.29, 1.82) is 0 Å². The molecule has 0 aliphatic heterocycles. The van der Waals surface area contributed by atoms with Crippen LogP contribution in [0.3, 0.4) is 0 Å². The van der Waals surface area contributed by atoms with Crippen molar-refractivity contribution in [3.63, 3.8) is 0 Å². The molecule has 0 heterocycles. The molecule has 0 aromatic heterocycles. The molecule has 2 aromatic rings. The lowest BCUT2D eigenvalue weighted by Gasteiger charge is -2.11. The lowest BCUT2D eigenvalue weighted by atomic mass is 10.3. The molecule has 0 fully saturated rings. The highest BCUT2D eigenvalue weighted by Gasteiger charge is 2.12. The summed E-state index contributed by atoms with van der Waals surface area (Å²) in [6.45, 7) is 1.45. The highest BCUT2D eigenvalue weighted by molar-refractivity contribution is 5.72. The van der Waals surface area contributed by atoms with Gasteiger partial charge in [-0.05, 0) is 55.5 Å². The first-order chi connectivity index (χ1) is 9.54. The number of aliphatic carboxylic acids is 1. The minimum atomic E-state index is -1.03. The average molecular weight is 276 g/mol. The van der Waals surface area contributed by atoms with Crippen LogP contribution in [0.5, 0.6) is 17.2 Å². The van der Waals surface area contributed by atoms with Crippen LogP contribution in [0.4, 0.5) is 4.39 Å². The van der Waals surface area contributed by atoms with Crippen LogP contribution in [0.25, 0.3) is 0 Å². The molecule has 1 N–H and O–H groups in total. The Labute approximate surface area is 115 Å². The van der Waals surface area contributed by atoms with E-state index in [0.717, 1.165) is 0 Å². The number of carboxylic acid groups (broad SMARTS) is 1. The summed E-state index contributed by atoms with van der Waals surface area (Å²) in [6, 6.07) is 12.2. The number of hydrogen-bond acceptors (Lipinski definition) is 3. The van der Waals surface area contributed by atoms with Gasteiger partial charge in [-0.2, -0.15) is 0 Å². The molecular formula is C15H13FO4. The fourth-order valence-electron chi connectivity index (χ4n) is 1.48. The third-order valence-corrected chi connectivity index (χ3v) is 2.53.